The Morgan fingerprint density at radius 1 is 1.20 bits per heavy atom. The number of halogens is 1. The highest BCUT2D eigenvalue weighted by atomic mass is 35.5. The van der Waals surface area contributed by atoms with Crippen LogP contribution >= 0.6 is 23.4 Å². The first-order chi connectivity index (χ1) is 14.5. The largest absolute Gasteiger partial charge is 0.467 e. The van der Waals surface area contributed by atoms with E-state index in [0.717, 1.165) is 0 Å². The Balaban J connectivity index is 1.63. The molecular weight excluding hydrogens is 426 g/mol. The molecule has 1 N–H and O–H groups in total. The number of fused-ring (bicyclic) bond motifs is 1. The van der Waals surface area contributed by atoms with E-state index in [1.807, 2.05) is 0 Å². The first-order valence-corrected chi connectivity index (χ1v) is 10.5. The van der Waals surface area contributed by atoms with Crippen LogP contribution in [0, 0.1) is 0 Å². The van der Waals surface area contributed by atoms with Gasteiger partial charge in [0.2, 0.25) is 5.91 Å². The molecule has 1 unspecified atom stereocenters. The second-order valence-corrected chi connectivity index (χ2v) is 8.33. The fourth-order valence-corrected chi connectivity index (χ4v) is 4.00. The van der Waals surface area contributed by atoms with Gasteiger partial charge in [-0.25, -0.2) is 4.98 Å². The van der Waals surface area contributed by atoms with Gasteiger partial charge >= 0.3 is 0 Å². The summed E-state index contributed by atoms with van der Waals surface area (Å²) in [5.74, 6) is 1.08. The molecule has 1 atom stereocenters. The highest BCUT2D eigenvalue weighted by Crippen LogP contribution is 2.25. The van der Waals surface area contributed by atoms with Crippen molar-refractivity contribution in [1.82, 2.24) is 14.9 Å². The number of hydrogen-bond acceptors (Lipinski definition) is 6. The minimum absolute atomic E-state index is 0.193. The SMILES string of the molecule is CC(Sc1nc2cc(Cl)ccc2c(=O)n1Cc1ccco1)C(=O)NCc1ccco1. The summed E-state index contributed by atoms with van der Waals surface area (Å²) in [4.78, 5) is 30.3. The van der Waals surface area contributed by atoms with Crippen LogP contribution in [0.1, 0.15) is 18.4 Å². The molecule has 3 heterocycles. The van der Waals surface area contributed by atoms with E-state index in [2.05, 4.69) is 10.3 Å². The maximum absolute atomic E-state index is 13.1. The number of aromatic nitrogens is 2. The van der Waals surface area contributed by atoms with Gasteiger partial charge in [-0.2, -0.15) is 0 Å². The Morgan fingerprint density at radius 3 is 2.63 bits per heavy atom. The summed E-state index contributed by atoms with van der Waals surface area (Å²) in [5.41, 5.74) is 0.257. The highest BCUT2D eigenvalue weighted by molar-refractivity contribution is 8.00. The number of thioether (sulfide) groups is 1. The van der Waals surface area contributed by atoms with Crippen molar-refractivity contribution in [1.29, 1.82) is 0 Å². The molecule has 3 aromatic heterocycles. The third kappa shape index (κ3) is 4.44. The third-order valence-corrected chi connectivity index (χ3v) is 5.77. The van der Waals surface area contributed by atoms with E-state index in [0.29, 0.717) is 32.6 Å². The second kappa shape index (κ2) is 8.81. The fraction of sp³-hybridized carbons (Fsp3) is 0.190. The smallest absolute Gasteiger partial charge is 0.262 e. The van der Waals surface area contributed by atoms with Crippen molar-refractivity contribution in [3.05, 3.63) is 81.9 Å². The summed E-state index contributed by atoms with van der Waals surface area (Å²) in [5, 5.41) is 3.67. The summed E-state index contributed by atoms with van der Waals surface area (Å²) >= 11 is 7.28. The van der Waals surface area contributed by atoms with E-state index in [1.165, 1.54) is 16.3 Å². The highest BCUT2D eigenvalue weighted by Gasteiger charge is 2.20. The zero-order valence-corrected chi connectivity index (χ0v) is 17.6. The normalized spacial score (nSPS) is 12.2. The third-order valence-electron chi connectivity index (χ3n) is 4.44. The van der Waals surface area contributed by atoms with Crippen LogP contribution in [0.15, 0.2) is 73.8 Å². The Bertz CT molecular complexity index is 1220. The van der Waals surface area contributed by atoms with Crippen molar-refractivity contribution >= 4 is 40.2 Å². The van der Waals surface area contributed by atoms with Gasteiger partial charge in [0.05, 0.1) is 41.8 Å². The van der Waals surface area contributed by atoms with E-state index in [1.54, 1.807) is 61.9 Å². The van der Waals surface area contributed by atoms with Gasteiger partial charge in [-0.3, -0.25) is 14.2 Å². The molecule has 7 nitrogen and oxygen atoms in total. The molecular formula is C21H18ClN3O4S. The number of rotatable bonds is 7. The number of amides is 1. The van der Waals surface area contributed by atoms with Gasteiger partial charge in [0.15, 0.2) is 5.16 Å². The monoisotopic (exact) mass is 443 g/mol. The molecule has 30 heavy (non-hydrogen) atoms. The zero-order chi connectivity index (χ0) is 21.1. The fourth-order valence-electron chi connectivity index (χ4n) is 2.90. The molecule has 4 aromatic rings. The Hall–Kier alpha value is -2.97. The molecule has 154 valence electrons. The van der Waals surface area contributed by atoms with Crippen molar-refractivity contribution in [2.45, 2.75) is 30.4 Å². The molecule has 0 bridgehead atoms. The second-order valence-electron chi connectivity index (χ2n) is 6.58. The summed E-state index contributed by atoms with van der Waals surface area (Å²) in [6.07, 6.45) is 3.10. The topological polar surface area (TPSA) is 90.3 Å². The molecule has 0 aliphatic heterocycles. The van der Waals surface area contributed by atoms with Crippen molar-refractivity contribution in [2.75, 3.05) is 0 Å². The van der Waals surface area contributed by atoms with E-state index >= 15 is 0 Å². The molecule has 0 spiro atoms. The predicted molar refractivity (Wildman–Crippen MR) is 115 cm³/mol. The molecule has 0 aliphatic carbocycles. The van der Waals surface area contributed by atoms with Gasteiger partial charge < -0.3 is 14.2 Å². The maximum atomic E-state index is 13.1. The molecule has 0 aliphatic rings. The lowest BCUT2D eigenvalue weighted by molar-refractivity contribution is -0.120. The summed E-state index contributed by atoms with van der Waals surface area (Å²) in [6, 6.07) is 12.0. The van der Waals surface area contributed by atoms with Crippen molar-refractivity contribution in [3.63, 3.8) is 0 Å². The minimum atomic E-state index is -0.494. The van der Waals surface area contributed by atoms with Gasteiger partial charge in [-0.05, 0) is 49.4 Å². The number of hydrogen-bond donors (Lipinski definition) is 1. The summed E-state index contributed by atoms with van der Waals surface area (Å²) < 4.78 is 12.1. The zero-order valence-electron chi connectivity index (χ0n) is 16.0. The van der Waals surface area contributed by atoms with Crippen LogP contribution in [0.5, 0.6) is 0 Å². The lowest BCUT2D eigenvalue weighted by Gasteiger charge is -2.15. The van der Waals surface area contributed by atoms with Crippen molar-refractivity contribution < 1.29 is 13.6 Å². The van der Waals surface area contributed by atoms with E-state index < -0.39 is 5.25 Å². The number of carbonyl (C=O) groups excluding carboxylic acids is 1. The predicted octanol–water partition coefficient (Wildman–Crippen LogP) is 4.08. The molecule has 0 saturated heterocycles. The summed E-state index contributed by atoms with van der Waals surface area (Å²) in [6.45, 7) is 2.25. The van der Waals surface area contributed by atoms with Crippen LogP contribution in [0.3, 0.4) is 0 Å². The quantitative estimate of drug-likeness (QED) is 0.342. The van der Waals surface area contributed by atoms with Crippen molar-refractivity contribution in [2.24, 2.45) is 0 Å². The average molecular weight is 444 g/mol. The lowest BCUT2D eigenvalue weighted by atomic mass is 10.2. The van der Waals surface area contributed by atoms with Crippen LogP contribution in [0.25, 0.3) is 10.9 Å². The van der Waals surface area contributed by atoms with E-state index in [4.69, 9.17) is 20.4 Å². The van der Waals surface area contributed by atoms with Gasteiger partial charge in [-0.1, -0.05) is 23.4 Å². The Morgan fingerprint density at radius 2 is 1.93 bits per heavy atom. The first-order valence-electron chi connectivity index (χ1n) is 9.20. The number of carbonyl (C=O) groups is 1. The first kappa shape index (κ1) is 20.3. The van der Waals surface area contributed by atoms with E-state index in [-0.39, 0.29) is 24.6 Å². The maximum Gasteiger partial charge on any atom is 0.262 e. The van der Waals surface area contributed by atoms with Crippen LogP contribution < -0.4 is 10.9 Å². The Kier molecular flexibility index (Phi) is 5.96. The standard InChI is InChI=1S/C21H18ClN3O4S/c1-13(19(26)23-11-15-4-2-8-28-15)30-21-24-18-10-14(22)6-7-17(18)20(27)25(21)12-16-5-3-9-29-16/h2-10,13H,11-12H2,1H3,(H,23,26). The Labute approximate surface area is 181 Å². The number of furan rings is 2. The number of nitrogens with one attached hydrogen (secondary N) is 1. The van der Waals surface area contributed by atoms with Crippen LogP contribution in [0.2, 0.25) is 5.02 Å². The van der Waals surface area contributed by atoms with Gasteiger partial charge in [0.1, 0.15) is 11.5 Å². The molecule has 0 saturated carbocycles. The molecule has 9 heteroatoms. The van der Waals surface area contributed by atoms with Crippen molar-refractivity contribution in [3.8, 4) is 0 Å². The number of nitrogens with zero attached hydrogens (tertiary/aromatic N) is 2. The van der Waals surface area contributed by atoms with E-state index in [9.17, 15) is 9.59 Å². The lowest BCUT2D eigenvalue weighted by Crippen LogP contribution is -2.31. The van der Waals surface area contributed by atoms with Crippen LogP contribution in [-0.2, 0) is 17.9 Å². The van der Waals surface area contributed by atoms with Gasteiger partial charge in [0, 0.05) is 5.02 Å². The minimum Gasteiger partial charge on any atom is -0.467 e. The number of benzene rings is 1. The van der Waals surface area contributed by atoms with Crippen LogP contribution in [-0.4, -0.2) is 20.7 Å². The summed E-state index contributed by atoms with van der Waals surface area (Å²) in [7, 11) is 0. The van der Waals surface area contributed by atoms with Gasteiger partial charge in [-0.15, -0.1) is 0 Å². The van der Waals surface area contributed by atoms with Crippen LogP contribution in [0.4, 0.5) is 0 Å². The van der Waals surface area contributed by atoms with Gasteiger partial charge in [0.25, 0.3) is 5.56 Å². The average Bonchev–Trinajstić information content (AvgIpc) is 3.42. The molecule has 0 radical (unpaired) electrons. The molecule has 0 fully saturated rings. The molecule has 4 rings (SSSR count). The molecule has 1 amide bonds. The molecule has 1 aromatic carbocycles.